The fourth-order valence-electron chi connectivity index (χ4n) is 2.58. The molecule has 0 spiro atoms. The third-order valence-electron chi connectivity index (χ3n) is 3.76. The zero-order valence-electron chi connectivity index (χ0n) is 12.2. The molecule has 1 aliphatic rings. The van der Waals surface area contributed by atoms with E-state index in [1.54, 1.807) is 17.8 Å². The molecule has 1 unspecified atom stereocenters. The van der Waals surface area contributed by atoms with Gasteiger partial charge >= 0.3 is 0 Å². The van der Waals surface area contributed by atoms with Gasteiger partial charge in [0.05, 0.1) is 5.56 Å². The van der Waals surface area contributed by atoms with Gasteiger partial charge in [0.1, 0.15) is 5.69 Å². The van der Waals surface area contributed by atoms with Crippen molar-refractivity contribution in [3.63, 3.8) is 0 Å². The minimum Gasteiger partial charge on any atom is -0.366 e. The van der Waals surface area contributed by atoms with Crippen molar-refractivity contribution < 1.29 is 9.59 Å². The molecular weight excluding hydrogens is 292 g/mol. The molecule has 7 heteroatoms. The number of nitrogens with one attached hydrogen (secondary N) is 2. The second-order valence-corrected chi connectivity index (χ2v) is 5.35. The Morgan fingerprint density at radius 2 is 2.29 bits per heavy atom. The number of halogens is 1. The molecule has 1 aromatic heterocycles. The van der Waals surface area contributed by atoms with Crippen LogP contribution in [0.25, 0.3) is 0 Å². The van der Waals surface area contributed by atoms with Crippen LogP contribution in [-0.4, -0.2) is 36.0 Å². The van der Waals surface area contributed by atoms with Crippen LogP contribution in [0.15, 0.2) is 12.3 Å². The second kappa shape index (κ2) is 8.05. The van der Waals surface area contributed by atoms with Crippen LogP contribution in [0.4, 0.5) is 0 Å². The predicted octanol–water partition coefficient (Wildman–Crippen LogP) is 0.665. The summed E-state index contributed by atoms with van der Waals surface area (Å²) in [6.45, 7) is 2.79. The summed E-state index contributed by atoms with van der Waals surface area (Å²) in [5.74, 6) is -0.0460. The number of nitrogens with two attached hydrogens (primary N) is 1. The highest BCUT2D eigenvalue weighted by atomic mass is 35.5. The van der Waals surface area contributed by atoms with Crippen molar-refractivity contribution in [2.24, 2.45) is 18.7 Å². The van der Waals surface area contributed by atoms with Crippen LogP contribution >= 0.6 is 12.4 Å². The minimum atomic E-state index is -0.520. The van der Waals surface area contributed by atoms with Gasteiger partial charge in [0, 0.05) is 19.8 Å². The van der Waals surface area contributed by atoms with E-state index in [0.29, 0.717) is 23.7 Å². The third-order valence-corrected chi connectivity index (χ3v) is 3.76. The molecule has 2 heterocycles. The number of rotatable bonds is 5. The number of nitrogens with zero attached hydrogens (tertiary/aromatic N) is 1. The van der Waals surface area contributed by atoms with E-state index in [0.717, 1.165) is 19.5 Å². The van der Waals surface area contributed by atoms with E-state index in [4.69, 9.17) is 5.73 Å². The van der Waals surface area contributed by atoms with Gasteiger partial charge < -0.3 is 20.9 Å². The number of amides is 2. The van der Waals surface area contributed by atoms with Gasteiger partial charge in [-0.25, -0.2) is 0 Å². The highest BCUT2D eigenvalue weighted by Gasteiger charge is 2.16. The van der Waals surface area contributed by atoms with Crippen molar-refractivity contribution in [3.05, 3.63) is 23.5 Å². The smallest absolute Gasteiger partial charge is 0.267 e. The lowest BCUT2D eigenvalue weighted by molar-refractivity contribution is 0.0942. The van der Waals surface area contributed by atoms with Gasteiger partial charge in [0.15, 0.2) is 0 Å². The first kappa shape index (κ1) is 17.5. The maximum Gasteiger partial charge on any atom is 0.267 e. The zero-order valence-corrected chi connectivity index (χ0v) is 13.0. The molecule has 0 saturated carbocycles. The summed E-state index contributed by atoms with van der Waals surface area (Å²) in [7, 11) is 1.73. The van der Waals surface area contributed by atoms with E-state index in [1.165, 1.54) is 18.9 Å². The fourth-order valence-corrected chi connectivity index (χ4v) is 2.58. The predicted molar refractivity (Wildman–Crippen MR) is 83.7 cm³/mol. The van der Waals surface area contributed by atoms with Crippen LogP contribution in [0.3, 0.4) is 0 Å². The Morgan fingerprint density at radius 1 is 1.52 bits per heavy atom. The molecule has 1 atom stereocenters. The maximum atomic E-state index is 12.0. The second-order valence-electron chi connectivity index (χ2n) is 5.35. The number of primary amides is 1. The van der Waals surface area contributed by atoms with Gasteiger partial charge in [-0.1, -0.05) is 0 Å². The minimum absolute atomic E-state index is 0. The number of carbonyl (C=O) groups excluding carboxylic acids is 2. The summed E-state index contributed by atoms with van der Waals surface area (Å²) < 4.78 is 1.62. The summed E-state index contributed by atoms with van der Waals surface area (Å²) in [5, 5.41) is 6.26. The van der Waals surface area contributed by atoms with Crippen molar-refractivity contribution in [1.82, 2.24) is 15.2 Å². The molecule has 4 N–H and O–H groups in total. The van der Waals surface area contributed by atoms with Crippen molar-refractivity contribution in [3.8, 4) is 0 Å². The molecular formula is C14H23ClN4O2. The zero-order chi connectivity index (χ0) is 14.5. The molecule has 1 aliphatic heterocycles. The topological polar surface area (TPSA) is 89.2 Å². The van der Waals surface area contributed by atoms with Crippen molar-refractivity contribution in [1.29, 1.82) is 0 Å². The fraction of sp³-hybridized carbons (Fsp3) is 0.571. The highest BCUT2D eigenvalue weighted by molar-refractivity contribution is 5.98. The van der Waals surface area contributed by atoms with Crippen LogP contribution < -0.4 is 16.4 Å². The van der Waals surface area contributed by atoms with Gasteiger partial charge in [-0.05, 0) is 44.3 Å². The number of aryl methyl sites for hydroxylation is 1. The average molecular weight is 315 g/mol. The first-order chi connectivity index (χ1) is 9.58. The van der Waals surface area contributed by atoms with Gasteiger partial charge in [-0.3, -0.25) is 9.59 Å². The monoisotopic (exact) mass is 314 g/mol. The lowest BCUT2D eigenvalue weighted by Crippen LogP contribution is -2.33. The van der Waals surface area contributed by atoms with Crippen molar-refractivity contribution in [2.45, 2.75) is 19.3 Å². The quantitative estimate of drug-likeness (QED) is 0.746. The number of hydrogen-bond acceptors (Lipinski definition) is 3. The number of hydrogen-bond donors (Lipinski definition) is 3. The van der Waals surface area contributed by atoms with Crippen molar-refractivity contribution >= 4 is 24.2 Å². The number of carbonyl (C=O) groups is 2. The highest BCUT2D eigenvalue weighted by Crippen LogP contribution is 2.13. The Balaban J connectivity index is 0.00000220. The van der Waals surface area contributed by atoms with Crippen LogP contribution in [0.1, 0.15) is 40.1 Å². The summed E-state index contributed by atoms with van der Waals surface area (Å²) in [6, 6.07) is 1.53. The Morgan fingerprint density at radius 3 is 2.86 bits per heavy atom. The van der Waals surface area contributed by atoms with Gasteiger partial charge in [-0.15, -0.1) is 12.4 Å². The molecule has 0 aromatic carbocycles. The molecule has 1 fully saturated rings. The Hall–Kier alpha value is -1.53. The molecule has 0 bridgehead atoms. The number of piperidine rings is 1. The third kappa shape index (κ3) is 4.75. The maximum absolute atomic E-state index is 12.0. The van der Waals surface area contributed by atoms with E-state index in [9.17, 15) is 9.59 Å². The molecule has 2 rings (SSSR count). The van der Waals surface area contributed by atoms with Crippen LogP contribution in [-0.2, 0) is 7.05 Å². The Labute approximate surface area is 130 Å². The van der Waals surface area contributed by atoms with E-state index in [2.05, 4.69) is 10.6 Å². The summed E-state index contributed by atoms with van der Waals surface area (Å²) >= 11 is 0. The van der Waals surface area contributed by atoms with E-state index in [1.807, 2.05) is 0 Å². The van der Waals surface area contributed by atoms with E-state index in [-0.39, 0.29) is 18.3 Å². The normalized spacial score (nSPS) is 17.9. The molecule has 2 amide bonds. The summed E-state index contributed by atoms with van der Waals surface area (Å²) in [5.41, 5.74) is 6.02. The Bertz CT molecular complexity index is 495. The van der Waals surface area contributed by atoms with Crippen LogP contribution in [0, 0.1) is 5.92 Å². The van der Waals surface area contributed by atoms with Crippen LogP contribution in [0.5, 0.6) is 0 Å². The van der Waals surface area contributed by atoms with E-state index >= 15 is 0 Å². The Kier molecular flexibility index (Phi) is 6.71. The van der Waals surface area contributed by atoms with Crippen molar-refractivity contribution in [2.75, 3.05) is 19.6 Å². The first-order valence-corrected chi connectivity index (χ1v) is 7.03. The standard InChI is InChI=1S/C14H22N4O2.ClH/c1-18-9-11(13(15)19)7-12(18)14(20)17-6-4-10-3-2-5-16-8-10;/h7,9-10,16H,2-6,8H2,1H3,(H2,15,19)(H,17,20);1H. The van der Waals surface area contributed by atoms with E-state index < -0.39 is 5.91 Å². The summed E-state index contributed by atoms with van der Waals surface area (Å²) in [6.07, 6.45) is 4.98. The summed E-state index contributed by atoms with van der Waals surface area (Å²) in [4.78, 5) is 23.1. The van der Waals surface area contributed by atoms with Crippen LogP contribution in [0.2, 0.25) is 0 Å². The SMILES string of the molecule is Cl.Cn1cc(C(N)=O)cc1C(=O)NCCC1CCCNC1. The lowest BCUT2D eigenvalue weighted by Gasteiger charge is -2.22. The molecule has 118 valence electrons. The molecule has 1 saturated heterocycles. The van der Waals surface area contributed by atoms with Gasteiger partial charge in [-0.2, -0.15) is 0 Å². The average Bonchev–Trinajstić information content (AvgIpc) is 2.82. The molecule has 0 radical (unpaired) electrons. The molecule has 6 nitrogen and oxygen atoms in total. The molecule has 21 heavy (non-hydrogen) atoms. The van der Waals surface area contributed by atoms with Gasteiger partial charge in [0.2, 0.25) is 5.91 Å². The largest absolute Gasteiger partial charge is 0.366 e. The lowest BCUT2D eigenvalue weighted by atomic mass is 9.96. The molecule has 1 aromatic rings. The first-order valence-electron chi connectivity index (χ1n) is 7.03. The molecule has 0 aliphatic carbocycles. The van der Waals surface area contributed by atoms with Gasteiger partial charge in [0.25, 0.3) is 5.91 Å². The number of aromatic nitrogens is 1.